The first-order valence-electron chi connectivity index (χ1n) is 11.5. The first kappa shape index (κ1) is 21.6. The zero-order chi connectivity index (χ0) is 23.2. The number of rotatable bonds is 7. The number of carbonyl (C=O) groups is 1. The minimum Gasteiger partial charge on any atom is -0.357 e. The lowest BCUT2D eigenvalue weighted by Crippen LogP contribution is -2.21. The van der Waals surface area contributed by atoms with Gasteiger partial charge in [-0.25, -0.2) is 9.67 Å². The van der Waals surface area contributed by atoms with E-state index in [1.165, 1.54) is 18.9 Å². The predicted molar refractivity (Wildman–Crippen MR) is 133 cm³/mol. The van der Waals surface area contributed by atoms with Gasteiger partial charge in [0.05, 0.1) is 5.69 Å². The molecule has 34 heavy (non-hydrogen) atoms. The fourth-order valence-electron chi connectivity index (χ4n) is 4.02. The average Bonchev–Trinajstić information content (AvgIpc) is 3.58. The maximum absolute atomic E-state index is 12.5. The van der Waals surface area contributed by atoms with Gasteiger partial charge >= 0.3 is 0 Å². The number of para-hydroxylation sites is 1. The summed E-state index contributed by atoms with van der Waals surface area (Å²) in [6.45, 7) is 2.56. The summed E-state index contributed by atoms with van der Waals surface area (Å²) in [5.74, 6) is 0.832. The van der Waals surface area contributed by atoms with E-state index in [0.29, 0.717) is 6.54 Å². The second kappa shape index (κ2) is 10.1. The first-order chi connectivity index (χ1) is 16.8. The zero-order valence-corrected chi connectivity index (χ0v) is 18.8. The number of nitrogens with zero attached hydrogens (tertiary/aromatic N) is 5. The monoisotopic (exact) mass is 450 g/mol. The Kier molecular flexibility index (Phi) is 6.42. The van der Waals surface area contributed by atoms with E-state index in [0.717, 1.165) is 47.0 Å². The van der Waals surface area contributed by atoms with Crippen LogP contribution in [0.4, 0.5) is 5.82 Å². The molecule has 170 valence electrons. The molecular weight excluding hydrogens is 424 g/mol. The van der Waals surface area contributed by atoms with Gasteiger partial charge in [0.2, 0.25) is 5.91 Å². The van der Waals surface area contributed by atoms with E-state index in [4.69, 9.17) is 5.10 Å². The van der Waals surface area contributed by atoms with Gasteiger partial charge in [-0.2, -0.15) is 5.10 Å². The van der Waals surface area contributed by atoms with Crippen molar-refractivity contribution in [3.05, 3.63) is 96.6 Å². The number of aromatic nitrogens is 4. The maximum atomic E-state index is 12.5. The second-order valence-corrected chi connectivity index (χ2v) is 8.22. The summed E-state index contributed by atoms with van der Waals surface area (Å²) in [6.07, 6.45) is 13.0. The second-order valence-electron chi connectivity index (χ2n) is 8.22. The summed E-state index contributed by atoms with van der Waals surface area (Å²) in [5, 5.41) is 7.68. The molecule has 1 N–H and O–H groups in total. The summed E-state index contributed by atoms with van der Waals surface area (Å²) in [5.41, 5.74) is 4.41. The van der Waals surface area contributed by atoms with Crippen LogP contribution in [-0.2, 0) is 11.3 Å². The van der Waals surface area contributed by atoms with Crippen LogP contribution in [0.2, 0.25) is 0 Å². The fourth-order valence-corrected chi connectivity index (χ4v) is 4.02. The van der Waals surface area contributed by atoms with Crippen molar-refractivity contribution in [2.24, 2.45) is 0 Å². The van der Waals surface area contributed by atoms with Crippen LogP contribution in [0.25, 0.3) is 23.0 Å². The Bertz CT molecular complexity index is 1260. The number of amides is 1. The highest BCUT2D eigenvalue weighted by molar-refractivity contribution is 5.92. The van der Waals surface area contributed by atoms with Crippen molar-refractivity contribution in [1.29, 1.82) is 0 Å². The predicted octanol–water partition coefficient (Wildman–Crippen LogP) is 4.26. The Hall–Kier alpha value is -4.26. The van der Waals surface area contributed by atoms with Gasteiger partial charge in [0.1, 0.15) is 11.5 Å². The molecule has 3 aromatic heterocycles. The molecule has 7 nitrogen and oxygen atoms in total. The third-order valence-corrected chi connectivity index (χ3v) is 5.82. The Labute approximate surface area is 198 Å². The molecule has 1 amide bonds. The van der Waals surface area contributed by atoms with E-state index in [1.54, 1.807) is 18.5 Å². The molecule has 0 unspecified atom stereocenters. The van der Waals surface area contributed by atoms with E-state index in [-0.39, 0.29) is 5.91 Å². The van der Waals surface area contributed by atoms with Crippen molar-refractivity contribution >= 4 is 17.8 Å². The van der Waals surface area contributed by atoms with Crippen LogP contribution in [0.15, 0.2) is 85.5 Å². The normalized spacial score (nSPS) is 13.5. The molecule has 4 heterocycles. The number of pyridine rings is 2. The lowest BCUT2D eigenvalue weighted by atomic mass is 10.1. The molecule has 0 saturated carbocycles. The molecule has 1 fully saturated rings. The molecule has 1 aromatic carbocycles. The quantitative estimate of drug-likeness (QED) is 0.426. The SMILES string of the molecule is O=C(/C=C/c1cn(-c2ccccc2)nc1-c1cccnc1)NCc1ccc(N2CCCC2)nc1. The van der Waals surface area contributed by atoms with Crippen molar-refractivity contribution in [3.63, 3.8) is 0 Å². The molecule has 1 saturated heterocycles. The van der Waals surface area contributed by atoms with Gasteiger partial charge in [0, 0.05) is 61.6 Å². The van der Waals surface area contributed by atoms with E-state index in [9.17, 15) is 4.79 Å². The van der Waals surface area contributed by atoms with Crippen molar-refractivity contribution in [2.75, 3.05) is 18.0 Å². The summed E-state index contributed by atoms with van der Waals surface area (Å²) >= 11 is 0. The summed E-state index contributed by atoms with van der Waals surface area (Å²) in [6, 6.07) is 17.8. The van der Waals surface area contributed by atoms with Crippen molar-refractivity contribution in [2.45, 2.75) is 19.4 Å². The lowest BCUT2D eigenvalue weighted by Gasteiger charge is -2.16. The first-order valence-corrected chi connectivity index (χ1v) is 11.5. The number of nitrogens with one attached hydrogen (secondary N) is 1. The topological polar surface area (TPSA) is 75.9 Å². The van der Waals surface area contributed by atoms with Gasteiger partial charge in [0.15, 0.2) is 0 Å². The summed E-state index contributed by atoms with van der Waals surface area (Å²) < 4.78 is 1.81. The standard InChI is InChI=1S/C27H26N6O/c34-26(30-18-21-10-12-25(29-17-21)32-15-4-5-16-32)13-11-23-20-33(24-8-2-1-3-9-24)31-27(23)22-7-6-14-28-19-22/h1-3,6-14,17,19-20H,4-5,15-16,18H2,(H,30,34)/b13-11+. The summed E-state index contributed by atoms with van der Waals surface area (Å²) in [7, 11) is 0. The van der Waals surface area contributed by atoms with Crippen LogP contribution in [0.3, 0.4) is 0 Å². The Morgan fingerprint density at radius 1 is 1.00 bits per heavy atom. The number of anilines is 1. The Morgan fingerprint density at radius 2 is 1.85 bits per heavy atom. The molecule has 1 aliphatic heterocycles. The van der Waals surface area contributed by atoms with Crippen molar-refractivity contribution in [3.8, 4) is 16.9 Å². The molecule has 0 spiro atoms. The van der Waals surface area contributed by atoms with Crippen LogP contribution in [0, 0.1) is 0 Å². The highest BCUT2D eigenvalue weighted by Gasteiger charge is 2.13. The molecule has 5 rings (SSSR count). The maximum Gasteiger partial charge on any atom is 0.244 e. The molecule has 1 aliphatic rings. The Balaban J connectivity index is 1.28. The number of hydrogen-bond acceptors (Lipinski definition) is 5. The van der Waals surface area contributed by atoms with Gasteiger partial charge in [-0.05, 0) is 54.8 Å². The molecular formula is C27H26N6O. The van der Waals surface area contributed by atoms with Crippen LogP contribution >= 0.6 is 0 Å². The summed E-state index contributed by atoms with van der Waals surface area (Å²) in [4.78, 5) is 23.6. The number of benzene rings is 1. The number of carbonyl (C=O) groups excluding carboxylic acids is 1. The van der Waals surface area contributed by atoms with Crippen LogP contribution in [0.5, 0.6) is 0 Å². The molecule has 0 aliphatic carbocycles. The third-order valence-electron chi connectivity index (χ3n) is 5.82. The van der Waals surface area contributed by atoms with E-state index in [2.05, 4.69) is 20.2 Å². The van der Waals surface area contributed by atoms with Gasteiger partial charge in [-0.15, -0.1) is 0 Å². The van der Waals surface area contributed by atoms with E-state index < -0.39 is 0 Å². The third kappa shape index (κ3) is 5.04. The van der Waals surface area contributed by atoms with E-state index >= 15 is 0 Å². The molecule has 0 radical (unpaired) electrons. The van der Waals surface area contributed by atoms with Crippen molar-refractivity contribution < 1.29 is 4.79 Å². The highest BCUT2D eigenvalue weighted by atomic mass is 16.1. The minimum atomic E-state index is -0.173. The van der Waals surface area contributed by atoms with Crippen LogP contribution in [-0.4, -0.2) is 38.7 Å². The zero-order valence-electron chi connectivity index (χ0n) is 18.8. The molecule has 0 bridgehead atoms. The highest BCUT2D eigenvalue weighted by Crippen LogP contribution is 2.24. The van der Waals surface area contributed by atoms with Gasteiger partial charge in [0.25, 0.3) is 0 Å². The van der Waals surface area contributed by atoms with Gasteiger partial charge in [-0.3, -0.25) is 9.78 Å². The fraction of sp³-hybridized carbons (Fsp3) is 0.185. The van der Waals surface area contributed by atoms with Gasteiger partial charge < -0.3 is 10.2 Å². The molecule has 7 heteroatoms. The molecule has 0 atom stereocenters. The van der Waals surface area contributed by atoms with Crippen molar-refractivity contribution in [1.82, 2.24) is 25.1 Å². The largest absolute Gasteiger partial charge is 0.357 e. The minimum absolute atomic E-state index is 0.173. The molecule has 4 aromatic rings. The smallest absolute Gasteiger partial charge is 0.244 e. The van der Waals surface area contributed by atoms with Crippen LogP contribution in [0.1, 0.15) is 24.0 Å². The number of hydrogen-bond donors (Lipinski definition) is 1. The Morgan fingerprint density at radius 3 is 2.59 bits per heavy atom. The van der Waals surface area contributed by atoms with E-state index in [1.807, 2.05) is 71.7 Å². The lowest BCUT2D eigenvalue weighted by molar-refractivity contribution is -0.116. The van der Waals surface area contributed by atoms with Gasteiger partial charge in [-0.1, -0.05) is 24.3 Å². The average molecular weight is 451 g/mol. The van der Waals surface area contributed by atoms with Crippen LogP contribution < -0.4 is 10.2 Å².